The molecule has 2 aromatic carbocycles. The first kappa shape index (κ1) is 29.4. The normalized spacial score (nSPS) is 25.4. The maximum absolute atomic E-state index is 11.2. The number of aliphatic hydroxyl groups is 3. The van der Waals surface area contributed by atoms with E-state index in [0.717, 1.165) is 5.56 Å². The minimum Gasteiger partial charge on any atom is -0.504 e. The quantitative estimate of drug-likeness (QED) is 0.199. The Morgan fingerprint density at radius 3 is 1.84 bits per heavy atom. The summed E-state index contributed by atoms with van der Waals surface area (Å²) in [4.78, 5) is 11.2. The lowest BCUT2D eigenvalue weighted by Crippen LogP contribution is -2.61. The SMILES string of the molecule is C[C@H](Cc1ccc(OS(=O)(=O)O)c(O)c1)[C@@H](C)Cc1ccc(O[C@@H]2O[C@H](C(=O)O)[C@@H](O)[C@H](O)[C@H]2O)c(O)c1. The van der Waals surface area contributed by atoms with Gasteiger partial charge in [-0.3, -0.25) is 4.55 Å². The van der Waals surface area contributed by atoms with Gasteiger partial charge < -0.3 is 44.3 Å². The fourth-order valence-corrected chi connectivity index (χ4v) is 4.45. The van der Waals surface area contributed by atoms with Gasteiger partial charge in [-0.25, -0.2) is 4.79 Å². The molecule has 0 aromatic heterocycles. The molecule has 0 bridgehead atoms. The predicted molar refractivity (Wildman–Crippen MR) is 129 cm³/mol. The van der Waals surface area contributed by atoms with Crippen LogP contribution in [0, 0.1) is 11.8 Å². The van der Waals surface area contributed by atoms with Crippen molar-refractivity contribution in [3.05, 3.63) is 47.5 Å². The summed E-state index contributed by atoms with van der Waals surface area (Å²) in [5, 5.41) is 59.4. The maximum atomic E-state index is 11.2. The molecule has 210 valence electrons. The Kier molecular flexibility index (Phi) is 9.07. The molecular weight excluding hydrogens is 528 g/mol. The number of hydrogen-bond acceptors (Lipinski definition) is 11. The molecule has 7 atom stereocenters. The molecule has 13 nitrogen and oxygen atoms in total. The number of aliphatic hydroxyl groups excluding tert-OH is 3. The Morgan fingerprint density at radius 2 is 1.39 bits per heavy atom. The summed E-state index contributed by atoms with van der Waals surface area (Å²) >= 11 is 0. The number of aliphatic carboxylic acids is 1. The number of carboxylic acid groups (broad SMARTS) is 1. The Bertz CT molecular complexity index is 1250. The molecule has 38 heavy (non-hydrogen) atoms. The third-order valence-corrected chi connectivity index (χ3v) is 6.77. The topological polar surface area (TPSA) is 221 Å². The fraction of sp³-hybridized carbons (Fsp3) is 0.458. The van der Waals surface area contributed by atoms with Gasteiger partial charge in [0.05, 0.1) is 0 Å². The largest absolute Gasteiger partial charge is 0.504 e. The highest BCUT2D eigenvalue weighted by atomic mass is 32.3. The van der Waals surface area contributed by atoms with Crippen LogP contribution in [0.4, 0.5) is 0 Å². The van der Waals surface area contributed by atoms with E-state index in [4.69, 9.17) is 19.1 Å². The molecule has 1 fully saturated rings. The van der Waals surface area contributed by atoms with Gasteiger partial charge in [-0.1, -0.05) is 26.0 Å². The third-order valence-electron chi connectivity index (χ3n) is 6.38. The average molecular weight is 559 g/mol. The van der Waals surface area contributed by atoms with Crippen LogP contribution in [0.1, 0.15) is 25.0 Å². The molecule has 1 aliphatic rings. The van der Waals surface area contributed by atoms with Crippen molar-refractivity contribution in [1.29, 1.82) is 0 Å². The Morgan fingerprint density at radius 1 is 0.895 bits per heavy atom. The average Bonchev–Trinajstić information content (AvgIpc) is 2.81. The smallest absolute Gasteiger partial charge is 0.446 e. The zero-order valence-corrected chi connectivity index (χ0v) is 21.2. The van der Waals surface area contributed by atoms with Crippen molar-refractivity contribution in [2.75, 3.05) is 0 Å². The molecule has 1 aliphatic heterocycles. The summed E-state index contributed by atoms with van der Waals surface area (Å²) in [5.41, 5.74) is 1.44. The molecule has 0 radical (unpaired) electrons. The van der Waals surface area contributed by atoms with Crippen molar-refractivity contribution >= 4 is 16.4 Å². The van der Waals surface area contributed by atoms with Crippen molar-refractivity contribution < 1.29 is 62.1 Å². The number of carbonyl (C=O) groups is 1. The highest BCUT2D eigenvalue weighted by molar-refractivity contribution is 7.81. The Balaban J connectivity index is 1.62. The highest BCUT2D eigenvalue weighted by Gasteiger charge is 2.48. The molecule has 14 heteroatoms. The van der Waals surface area contributed by atoms with Gasteiger partial charge in [0, 0.05) is 0 Å². The van der Waals surface area contributed by atoms with Gasteiger partial charge in [0.15, 0.2) is 29.1 Å². The number of aromatic hydroxyl groups is 2. The van der Waals surface area contributed by atoms with Gasteiger partial charge >= 0.3 is 16.4 Å². The maximum Gasteiger partial charge on any atom is 0.446 e. The predicted octanol–water partition coefficient (Wildman–Crippen LogP) is 0.608. The van der Waals surface area contributed by atoms with E-state index in [-0.39, 0.29) is 23.3 Å². The second-order valence-electron chi connectivity index (χ2n) is 9.33. The second kappa shape index (κ2) is 11.7. The van der Waals surface area contributed by atoms with Gasteiger partial charge in [-0.05, 0) is 60.1 Å². The van der Waals surface area contributed by atoms with E-state index in [1.165, 1.54) is 24.3 Å². The molecule has 0 unspecified atom stereocenters. The van der Waals surface area contributed by atoms with Crippen LogP contribution in [0.2, 0.25) is 0 Å². The van der Waals surface area contributed by atoms with E-state index >= 15 is 0 Å². The number of hydrogen-bond donors (Lipinski definition) is 7. The Hall–Kier alpha value is -3.14. The van der Waals surface area contributed by atoms with Gasteiger partial charge in [0.2, 0.25) is 6.29 Å². The lowest BCUT2D eigenvalue weighted by molar-refractivity contribution is -0.271. The van der Waals surface area contributed by atoms with Crippen LogP contribution in [0.15, 0.2) is 36.4 Å². The summed E-state index contributed by atoms with van der Waals surface area (Å²) < 4.78 is 45.2. The lowest BCUT2D eigenvalue weighted by Gasteiger charge is -2.38. The van der Waals surface area contributed by atoms with Crippen LogP contribution in [0.5, 0.6) is 23.0 Å². The summed E-state index contributed by atoms with van der Waals surface area (Å²) in [7, 11) is -4.77. The summed E-state index contributed by atoms with van der Waals surface area (Å²) in [6.07, 6.45) is -7.93. The molecule has 0 spiro atoms. The summed E-state index contributed by atoms with van der Waals surface area (Å²) in [6.45, 7) is 3.95. The number of rotatable bonds is 10. The number of benzene rings is 2. The monoisotopic (exact) mass is 558 g/mol. The second-order valence-corrected chi connectivity index (χ2v) is 10.4. The van der Waals surface area contributed by atoms with Crippen molar-refractivity contribution in [3.8, 4) is 23.0 Å². The first-order chi connectivity index (χ1) is 17.7. The molecule has 0 saturated carbocycles. The fourth-order valence-electron chi connectivity index (χ4n) is 4.08. The standard InChI is InChI=1S/C24H30O13S/c1-11(12(2)8-14-4-6-18(16(26)10-14)37-38(32,33)34)7-13-3-5-17(15(25)9-13)35-24-21(29)19(27)20(28)22(36-24)23(30)31/h3-6,9-12,19-22,24-29H,7-8H2,1-2H3,(H,30,31)(H,32,33,34)/t11-,12+,19-,20-,21+,22-,24+/m0/s1. The molecule has 7 N–H and O–H groups in total. The van der Waals surface area contributed by atoms with E-state index in [0.29, 0.717) is 18.4 Å². The number of phenols is 2. The minimum atomic E-state index is -4.77. The van der Waals surface area contributed by atoms with Crippen LogP contribution in [0.25, 0.3) is 0 Å². The molecule has 0 aliphatic carbocycles. The van der Waals surface area contributed by atoms with E-state index in [1.807, 2.05) is 13.8 Å². The van der Waals surface area contributed by atoms with E-state index in [9.17, 15) is 38.7 Å². The van der Waals surface area contributed by atoms with Crippen LogP contribution in [-0.4, -0.2) is 80.3 Å². The molecule has 0 amide bonds. The van der Waals surface area contributed by atoms with Crippen LogP contribution in [-0.2, 0) is 32.8 Å². The van der Waals surface area contributed by atoms with Crippen molar-refractivity contribution in [2.45, 2.75) is 57.4 Å². The van der Waals surface area contributed by atoms with Crippen molar-refractivity contribution in [2.24, 2.45) is 11.8 Å². The number of ether oxygens (including phenoxy) is 2. The zero-order valence-electron chi connectivity index (χ0n) is 20.4. The first-order valence-electron chi connectivity index (χ1n) is 11.6. The van der Waals surface area contributed by atoms with Gasteiger partial charge in [0.1, 0.15) is 18.3 Å². The van der Waals surface area contributed by atoms with Gasteiger partial charge in [-0.2, -0.15) is 8.42 Å². The Labute approximate surface area is 218 Å². The van der Waals surface area contributed by atoms with Crippen molar-refractivity contribution in [1.82, 2.24) is 0 Å². The molecule has 1 saturated heterocycles. The van der Waals surface area contributed by atoms with Gasteiger partial charge in [0.25, 0.3) is 0 Å². The first-order valence-corrected chi connectivity index (χ1v) is 12.9. The summed E-state index contributed by atoms with van der Waals surface area (Å²) in [6, 6.07) is 8.62. The van der Waals surface area contributed by atoms with E-state index in [2.05, 4.69) is 4.18 Å². The van der Waals surface area contributed by atoms with Crippen LogP contribution in [0.3, 0.4) is 0 Å². The van der Waals surface area contributed by atoms with Crippen LogP contribution >= 0.6 is 0 Å². The molecular formula is C24H30O13S. The van der Waals surface area contributed by atoms with E-state index < -0.39 is 58.6 Å². The summed E-state index contributed by atoms with van der Waals surface area (Å²) in [5.74, 6) is -2.69. The highest BCUT2D eigenvalue weighted by Crippen LogP contribution is 2.33. The van der Waals surface area contributed by atoms with Crippen LogP contribution < -0.4 is 8.92 Å². The van der Waals surface area contributed by atoms with E-state index in [1.54, 1.807) is 12.1 Å². The third kappa shape index (κ3) is 7.24. The number of phenolic OH excluding ortho intramolecular Hbond substituents is 2. The van der Waals surface area contributed by atoms with Crippen molar-refractivity contribution in [3.63, 3.8) is 0 Å². The molecule has 2 aromatic rings. The minimum absolute atomic E-state index is 0.0764. The zero-order chi connectivity index (χ0) is 28.4. The lowest BCUT2D eigenvalue weighted by atomic mass is 9.85. The number of carboxylic acids is 1. The van der Waals surface area contributed by atoms with Gasteiger partial charge in [-0.15, -0.1) is 0 Å². The molecule has 3 rings (SSSR count). The molecule has 1 heterocycles.